The summed E-state index contributed by atoms with van der Waals surface area (Å²) in [5.41, 5.74) is 10.3. The number of aliphatic carboxylic acids is 1. The van der Waals surface area contributed by atoms with Crippen molar-refractivity contribution in [2.24, 2.45) is 5.41 Å². The molecular weight excluding hydrogens is 436 g/mol. The van der Waals surface area contributed by atoms with Gasteiger partial charge in [0.25, 0.3) is 0 Å². The van der Waals surface area contributed by atoms with Crippen LogP contribution in [0.25, 0.3) is 11.1 Å². The average molecular weight is 469 g/mol. The van der Waals surface area contributed by atoms with Gasteiger partial charge in [-0.05, 0) is 102 Å². The SMILES string of the molecule is Cc1cccc(C)c1-c1cccc(COc2ccc3c(c2)CC2(CC2)C3CC(=O)O)c1C.[Ca+2].[H-].[H-]. The molecule has 33 heavy (non-hydrogen) atoms. The number of hydrogen-bond acceptors (Lipinski definition) is 2. The molecule has 1 spiro atoms. The first kappa shape index (κ1) is 24.3. The van der Waals surface area contributed by atoms with Gasteiger partial charge in [0, 0.05) is 5.92 Å². The molecule has 1 atom stereocenters. The average Bonchev–Trinajstić information content (AvgIpc) is 3.46. The van der Waals surface area contributed by atoms with E-state index in [9.17, 15) is 9.90 Å². The Kier molecular flexibility index (Phi) is 6.96. The first-order valence-corrected chi connectivity index (χ1v) is 11.5. The summed E-state index contributed by atoms with van der Waals surface area (Å²) in [6.07, 6.45) is 3.50. The van der Waals surface area contributed by atoms with E-state index in [0.29, 0.717) is 6.61 Å². The monoisotopic (exact) mass is 468 g/mol. The molecule has 0 amide bonds. The van der Waals surface area contributed by atoms with Crippen LogP contribution in [-0.4, -0.2) is 48.8 Å². The number of carboxylic acids is 1. The van der Waals surface area contributed by atoms with Crippen molar-refractivity contribution in [3.05, 3.63) is 88.0 Å². The standard InChI is InChI=1S/C29H30O3.Ca.2H/c1-18-6-4-7-19(2)28(18)24-9-5-8-21(20(24)3)17-32-23-10-11-25-22(14-23)16-29(12-13-29)26(25)15-27(30)31;;;/h4-11,14,26H,12-13,15-17H2,1-3H3,(H,30,31);;;/q;+2;2*-1. The van der Waals surface area contributed by atoms with E-state index >= 15 is 0 Å². The molecule has 168 valence electrons. The Hall–Kier alpha value is -1.81. The van der Waals surface area contributed by atoms with Gasteiger partial charge >= 0.3 is 43.7 Å². The van der Waals surface area contributed by atoms with Gasteiger partial charge in [-0.15, -0.1) is 0 Å². The van der Waals surface area contributed by atoms with Crippen LogP contribution in [0.2, 0.25) is 0 Å². The summed E-state index contributed by atoms with van der Waals surface area (Å²) in [7, 11) is 0. The van der Waals surface area contributed by atoms with Gasteiger partial charge in [-0.25, -0.2) is 0 Å². The van der Waals surface area contributed by atoms with Crippen molar-refractivity contribution in [2.75, 3.05) is 0 Å². The van der Waals surface area contributed by atoms with Crippen molar-refractivity contribution in [2.45, 2.75) is 59.0 Å². The van der Waals surface area contributed by atoms with Crippen LogP contribution in [0.5, 0.6) is 5.75 Å². The minimum Gasteiger partial charge on any atom is -1.00 e. The number of rotatable bonds is 6. The van der Waals surface area contributed by atoms with Crippen LogP contribution in [-0.2, 0) is 17.8 Å². The fourth-order valence-electron chi connectivity index (χ4n) is 5.70. The molecule has 0 aliphatic heterocycles. The van der Waals surface area contributed by atoms with Crippen molar-refractivity contribution in [3.63, 3.8) is 0 Å². The van der Waals surface area contributed by atoms with Crippen molar-refractivity contribution in [1.82, 2.24) is 0 Å². The third kappa shape index (κ3) is 4.60. The Morgan fingerprint density at radius 3 is 2.42 bits per heavy atom. The van der Waals surface area contributed by atoms with Gasteiger partial charge < -0.3 is 12.7 Å². The van der Waals surface area contributed by atoms with E-state index < -0.39 is 5.97 Å². The van der Waals surface area contributed by atoms with Gasteiger partial charge in [-0.2, -0.15) is 0 Å². The number of benzene rings is 3. The molecule has 0 saturated heterocycles. The smallest absolute Gasteiger partial charge is 1.00 e. The number of hydrogen-bond donors (Lipinski definition) is 1. The van der Waals surface area contributed by atoms with Gasteiger partial charge in [-0.3, -0.25) is 4.79 Å². The summed E-state index contributed by atoms with van der Waals surface area (Å²) in [4.78, 5) is 11.4. The molecule has 1 fully saturated rings. The van der Waals surface area contributed by atoms with E-state index in [2.05, 4.69) is 69.3 Å². The number of ether oxygens (including phenoxy) is 1. The zero-order valence-corrected chi connectivity index (χ0v) is 22.0. The van der Waals surface area contributed by atoms with Gasteiger partial charge in [0.2, 0.25) is 0 Å². The number of carboxylic acid groups (broad SMARTS) is 1. The minimum atomic E-state index is -0.700. The van der Waals surface area contributed by atoms with Crippen LogP contribution in [0, 0.1) is 26.2 Å². The molecule has 0 bridgehead atoms. The molecule has 2 aliphatic rings. The fraction of sp³-hybridized carbons (Fsp3) is 0.345. The number of aryl methyl sites for hydroxylation is 2. The maximum absolute atomic E-state index is 11.4. The zero-order valence-electron chi connectivity index (χ0n) is 21.8. The Bertz CT molecular complexity index is 1200. The van der Waals surface area contributed by atoms with Crippen LogP contribution in [0.1, 0.15) is 61.4 Å². The van der Waals surface area contributed by atoms with E-state index in [-0.39, 0.29) is 58.3 Å². The summed E-state index contributed by atoms with van der Waals surface area (Å²) in [6, 6.07) is 19.1. The molecule has 3 nitrogen and oxygen atoms in total. The summed E-state index contributed by atoms with van der Waals surface area (Å²) in [6.45, 7) is 7.03. The molecule has 0 aromatic heterocycles. The quantitative estimate of drug-likeness (QED) is 0.415. The maximum Gasteiger partial charge on any atom is 2.00 e. The molecule has 4 heteroatoms. The second-order valence-corrected chi connectivity index (χ2v) is 9.70. The molecule has 3 aromatic rings. The van der Waals surface area contributed by atoms with E-state index in [1.807, 2.05) is 6.07 Å². The first-order chi connectivity index (χ1) is 15.4. The summed E-state index contributed by atoms with van der Waals surface area (Å²) < 4.78 is 6.24. The van der Waals surface area contributed by atoms with Gasteiger partial charge in [0.05, 0.1) is 6.42 Å². The normalized spacial score (nSPS) is 17.4. The summed E-state index contributed by atoms with van der Waals surface area (Å²) in [5.74, 6) is 0.321. The Morgan fingerprint density at radius 1 is 1.06 bits per heavy atom. The Balaban J connectivity index is 0.00000144. The van der Waals surface area contributed by atoms with Gasteiger partial charge in [0.15, 0.2) is 0 Å². The predicted octanol–water partition coefficient (Wildman–Crippen LogP) is 6.60. The predicted molar refractivity (Wildman–Crippen MR) is 135 cm³/mol. The van der Waals surface area contributed by atoms with Crippen LogP contribution >= 0.6 is 0 Å². The Labute approximate surface area is 229 Å². The fourth-order valence-corrected chi connectivity index (χ4v) is 5.70. The van der Waals surface area contributed by atoms with E-state index in [1.165, 1.54) is 44.5 Å². The van der Waals surface area contributed by atoms with E-state index in [1.54, 1.807) is 0 Å². The van der Waals surface area contributed by atoms with E-state index in [4.69, 9.17) is 4.74 Å². The largest absolute Gasteiger partial charge is 2.00 e. The second kappa shape index (κ2) is 9.44. The zero-order chi connectivity index (χ0) is 22.5. The molecular formula is C29H32CaO3. The third-order valence-corrected chi connectivity index (χ3v) is 7.63. The summed E-state index contributed by atoms with van der Waals surface area (Å²) in [5, 5.41) is 9.36. The van der Waals surface area contributed by atoms with Gasteiger partial charge in [0.1, 0.15) is 12.4 Å². The van der Waals surface area contributed by atoms with Crippen molar-refractivity contribution in [3.8, 4) is 16.9 Å². The molecule has 3 aromatic carbocycles. The molecule has 2 aliphatic carbocycles. The van der Waals surface area contributed by atoms with Crippen LogP contribution in [0.15, 0.2) is 54.6 Å². The summed E-state index contributed by atoms with van der Waals surface area (Å²) >= 11 is 0. The van der Waals surface area contributed by atoms with E-state index in [0.717, 1.165) is 25.0 Å². The third-order valence-electron chi connectivity index (χ3n) is 7.63. The number of fused-ring (bicyclic) bond motifs is 1. The van der Waals surface area contributed by atoms with Crippen LogP contribution in [0.4, 0.5) is 0 Å². The molecule has 1 unspecified atom stereocenters. The van der Waals surface area contributed by atoms with Crippen LogP contribution in [0.3, 0.4) is 0 Å². The first-order valence-electron chi connectivity index (χ1n) is 11.5. The molecule has 1 saturated carbocycles. The molecule has 5 rings (SSSR count). The topological polar surface area (TPSA) is 46.5 Å². The van der Waals surface area contributed by atoms with Crippen molar-refractivity contribution >= 4 is 43.7 Å². The number of carbonyl (C=O) groups is 1. The molecule has 1 N–H and O–H groups in total. The maximum atomic E-state index is 11.4. The van der Waals surface area contributed by atoms with Crippen molar-refractivity contribution < 1.29 is 17.5 Å². The second-order valence-electron chi connectivity index (χ2n) is 9.70. The minimum absolute atomic E-state index is 0. The molecule has 0 radical (unpaired) electrons. The Morgan fingerprint density at radius 2 is 1.76 bits per heavy atom. The van der Waals surface area contributed by atoms with Crippen LogP contribution < -0.4 is 4.74 Å². The van der Waals surface area contributed by atoms with Gasteiger partial charge in [-0.1, -0.05) is 42.5 Å². The molecule has 0 heterocycles. The van der Waals surface area contributed by atoms with Crippen molar-refractivity contribution in [1.29, 1.82) is 0 Å².